The van der Waals surface area contributed by atoms with Crippen LogP contribution in [-0.2, 0) is 6.54 Å². The van der Waals surface area contributed by atoms with Crippen molar-refractivity contribution in [3.05, 3.63) is 83.9 Å². The van der Waals surface area contributed by atoms with E-state index < -0.39 is 0 Å². The lowest BCUT2D eigenvalue weighted by atomic mass is 10.2. The minimum atomic E-state index is -0.348. The molecule has 3 aromatic rings. The van der Waals surface area contributed by atoms with E-state index in [4.69, 9.17) is 0 Å². The van der Waals surface area contributed by atoms with Crippen molar-refractivity contribution in [3.63, 3.8) is 0 Å². The molecule has 0 aliphatic carbocycles. The van der Waals surface area contributed by atoms with E-state index in [2.05, 4.69) is 15.3 Å². The lowest BCUT2D eigenvalue weighted by Crippen LogP contribution is -2.26. The third-order valence-electron chi connectivity index (χ3n) is 3.59. The summed E-state index contributed by atoms with van der Waals surface area (Å²) in [5.41, 5.74) is 1.98. The molecule has 0 bridgehead atoms. The van der Waals surface area contributed by atoms with Gasteiger partial charge in [0.25, 0.3) is 5.91 Å². The summed E-state index contributed by atoms with van der Waals surface area (Å²) in [4.78, 5) is 22.3. The van der Waals surface area contributed by atoms with Crippen LogP contribution in [0.25, 0.3) is 0 Å². The van der Waals surface area contributed by atoms with E-state index in [9.17, 15) is 9.18 Å². The molecular weight excluding hydrogens is 319 g/mol. The zero-order chi connectivity index (χ0) is 17.6. The van der Waals surface area contributed by atoms with Crippen molar-refractivity contribution in [1.82, 2.24) is 14.9 Å². The predicted molar refractivity (Wildman–Crippen MR) is 94.0 cm³/mol. The van der Waals surface area contributed by atoms with Gasteiger partial charge < -0.3 is 10.2 Å². The first kappa shape index (κ1) is 16.6. The van der Waals surface area contributed by atoms with Crippen molar-refractivity contribution < 1.29 is 9.18 Å². The number of halogens is 1. The maximum Gasteiger partial charge on any atom is 0.257 e. The number of carbonyl (C=O) groups excluding carboxylic acids is 1. The quantitative estimate of drug-likeness (QED) is 0.773. The molecule has 25 heavy (non-hydrogen) atoms. The Hall–Kier alpha value is -3.28. The van der Waals surface area contributed by atoms with Gasteiger partial charge in [-0.05, 0) is 23.8 Å². The highest BCUT2D eigenvalue weighted by molar-refractivity contribution is 5.93. The van der Waals surface area contributed by atoms with Gasteiger partial charge in [0.15, 0.2) is 0 Å². The van der Waals surface area contributed by atoms with Crippen LogP contribution >= 0.6 is 0 Å². The van der Waals surface area contributed by atoms with Crippen LogP contribution < -0.4 is 5.32 Å². The molecule has 0 unspecified atom stereocenters. The largest absolute Gasteiger partial charge is 0.337 e. The first-order valence-corrected chi connectivity index (χ1v) is 7.76. The minimum absolute atomic E-state index is 0.166. The van der Waals surface area contributed by atoms with Gasteiger partial charge >= 0.3 is 0 Å². The van der Waals surface area contributed by atoms with Gasteiger partial charge in [-0.15, -0.1) is 0 Å². The van der Waals surface area contributed by atoms with Gasteiger partial charge in [0.2, 0.25) is 5.95 Å². The molecule has 2 aromatic carbocycles. The average molecular weight is 336 g/mol. The fourth-order valence-electron chi connectivity index (χ4n) is 2.35. The fraction of sp³-hybridized carbons (Fsp3) is 0.105. The third kappa shape index (κ3) is 4.38. The van der Waals surface area contributed by atoms with Crippen LogP contribution in [0.15, 0.2) is 67.0 Å². The molecule has 5 nitrogen and oxygen atoms in total. The van der Waals surface area contributed by atoms with Crippen molar-refractivity contribution in [1.29, 1.82) is 0 Å². The van der Waals surface area contributed by atoms with Crippen molar-refractivity contribution in [3.8, 4) is 0 Å². The first-order valence-electron chi connectivity index (χ1n) is 7.76. The molecule has 1 heterocycles. The highest BCUT2D eigenvalue weighted by Crippen LogP contribution is 2.14. The molecule has 126 valence electrons. The Bertz CT molecular complexity index is 853. The standard InChI is InChI=1S/C19H17FN4O/c1-24(13-14-6-3-2-4-7-14)18(25)15-11-21-19(22-12-15)23-17-9-5-8-16(20)10-17/h2-12H,13H2,1H3,(H,21,22,23). The van der Waals surface area contributed by atoms with Crippen LogP contribution in [0.4, 0.5) is 16.0 Å². The second-order valence-corrected chi connectivity index (χ2v) is 5.58. The smallest absolute Gasteiger partial charge is 0.257 e. The summed E-state index contributed by atoms with van der Waals surface area (Å²) in [5.74, 6) is -0.214. The second kappa shape index (κ2) is 7.53. The Kier molecular flexibility index (Phi) is 4.99. The number of carbonyl (C=O) groups is 1. The third-order valence-corrected chi connectivity index (χ3v) is 3.59. The number of nitrogens with zero attached hydrogens (tertiary/aromatic N) is 3. The van der Waals surface area contributed by atoms with E-state index in [0.29, 0.717) is 23.7 Å². The maximum absolute atomic E-state index is 13.2. The molecule has 1 amide bonds. The minimum Gasteiger partial charge on any atom is -0.337 e. The molecule has 0 saturated carbocycles. The van der Waals surface area contributed by atoms with Crippen LogP contribution in [0.3, 0.4) is 0 Å². The second-order valence-electron chi connectivity index (χ2n) is 5.58. The molecule has 6 heteroatoms. The highest BCUT2D eigenvalue weighted by Gasteiger charge is 2.13. The van der Waals surface area contributed by atoms with Crippen LogP contribution in [0.5, 0.6) is 0 Å². The lowest BCUT2D eigenvalue weighted by molar-refractivity contribution is 0.0784. The maximum atomic E-state index is 13.2. The molecule has 3 rings (SSSR count). The highest BCUT2D eigenvalue weighted by atomic mass is 19.1. The summed E-state index contributed by atoms with van der Waals surface area (Å²) < 4.78 is 13.2. The average Bonchev–Trinajstić information content (AvgIpc) is 2.62. The van der Waals surface area contributed by atoms with Gasteiger partial charge in [-0.25, -0.2) is 14.4 Å². The SMILES string of the molecule is CN(Cc1ccccc1)C(=O)c1cnc(Nc2cccc(F)c2)nc1. The van der Waals surface area contributed by atoms with Crippen molar-refractivity contribution >= 4 is 17.5 Å². The number of hydrogen-bond donors (Lipinski definition) is 1. The van der Waals surface area contributed by atoms with Gasteiger partial charge in [-0.3, -0.25) is 4.79 Å². The Labute approximate surface area is 145 Å². The zero-order valence-corrected chi connectivity index (χ0v) is 13.7. The number of benzene rings is 2. The molecule has 1 N–H and O–H groups in total. The summed E-state index contributed by atoms with van der Waals surface area (Å²) in [6.45, 7) is 0.503. The van der Waals surface area contributed by atoms with Crippen LogP contribution in [0.1, 0.15) is 15.9 Å². The molecule has 0 saturated heterocycles. The summed E-state index contributed by atoms with van der Waals surface area (Å²) in [5, 5.41) is 2.89. The Morgan fingerprint density at radius 3 is 2.48 bits per heavy atom. The first-order chi connectivity index (χ1) is 12.1. The number of anilines is 2. The number of nitrogens with one attached hydrogen (secondary N) is 1. The van der Waals surface area contributed by atoms with Crippen molar-refractivity contribution in [2.24, 2.45) is 0 Å². The van der Waals surface area contributed by atoms with Crippen molar-refractivity contribution in [2.75, 3.05) is 12.4 Å². The van der Waals surface area contributed by atoms with Gasteiger partial charge in [-0.1, -0.05) is 36.4 Å². The van der Waals surface area contributed by atoms with Gasteiger partial charge in [0, 0.05) is 31.7 Å². The Balaban J connectivity index is 1.66. The molecule has 0 aliphatic rings. The molecule has 1 aromatic heterocycles. The van der Waals surface area contributed by atoms with Gasteiger partial charge in [0.1, 0.15) is 5.82 Å². The van der Waals surface area contributed by atoms with E-state index >= 15 is 0 Å². The molecule has 0 fully saturated rings. The summed E-state index contributed by atoms with van der Waals surface area (Å²) in [6, 6.07) is 15.7. The number of hydrogen-bond acceptors (Lipinski definition) is 4. The summed E-state index contributed by atoms with van der Waals surface area (Å²) >= 11 is 0. The molecule has 0 atom stereocenters. The monoisotopic (exact) mass is 336 g/mol. The van der Waals surface area contributed by atoms with Gasteiger partial charge in [0.05, 0.1) is 5.56 Å². The number of amides is 1. The fourth-order valence-corrected chi connectivity index (χ4v) is 2.35. The van der Waals surface area contributed by atoms with E-state index in [-0.39, 0.29) is 11.7 Å². The number of rotatable bonds is 5. The molecule has 0 radical (unpaired) electrons. The zero-order valence-electron chi connectivity index (χ0n) is 13.7. The van der Waals surface area contributed by atoms with Crippen LogP contribution in [-0.4, -0.2) is 27.8 Å². The summed E-state index contributed by atoms with van der Waals surface area (Å²) in [7, 11) is 1.73. The molecule has 0 spiro atoms. The van der Waals surface area contributed by atoms with E-state index in [0.717, 1.165) is 5.56 Å². The van der Waals surface area contributed by atoms with E-state index in [1.54, 1.807) is 24.1 Å². The summed E-state index contributed by atoms with van der Waals surface area (Å²) in [6.07, 6.45) is 2.91. The normalized spacial score (nSPS) is 10.3. The van der Waals surface area contributed by atoms with Gasteiger partial charge in [-0.2, -0.15) is 0 Å². The number of aromatic nitrogens is 2. The lowest BCUT2D eigenvalue weighted by Gasteiger charge is -2.17. The molecular formula is C19H17FN4O. The topological polar surface area (TPSA) is 58.1 Å². The predicted octanol–water partition coefficient (Wildman–Crippen LogP) is 3.63. The van der Waals surface area contributed by atoms with Crippen LogP contribution in [0.2, 0.25) is 0 Å². The van der Waals surface area contributed by atoms with Crippen LogP contribution in [0, 0.1) is 5.82 Å². The Morgan fingerprint density at radius 1 is 1.08 bits per heavy atom. The Morgan fingerprint density at radius 2 is 1.80 bits per heavy atom. The molecule has 0 aliphatic heterocycles. The van der Waals surface area contributed by atoms with Crippen molar-refractivity contribution in [2.45, 2.75) is 6.54 Å². The van der Waals surface area contributed by atoms with E-state index in [1.807, 2.05) is 30.3 Å². The van der Waals surface area contributed by atoms with E-state index in [1.165, 1.54) is 24.5 Å².